The summed E-state index contributed by atoms with van der Waals surface area (Å²) in [6.45, 7) is 0. The summed E-state index contributed by atoms with van der Waals surface area (Å²) in [5.41, 5.74) is 24.1. The lowest BCUT2D eigenvalue weighted by Crippen LogP contribution is -2.28. The van der Waals surface area contributed by atoms with Crippen LogP contribution >= 0.6 is 0 Å². The summed E-state index contributed by atoms with van der Waals surface area (Å²) in [6.07, 6.45) is 0. The Morgan fingerprint density at radius 1 is 0.213 bits per heavy atom. The second kappa shape index (κ2) is 17.2. The van der Waals surface area contributed by atoms with E-state index in [0.717, 1.165) is 11.4 Å². The van der Waals surface area contributed by atoms with Gasteiger partial charge in [-0.15, -0.1) is 0 Å². The van der Waals surface area contributed by atoms with Crippen LogP contribution < -0.4 is 0 Å². The summed E-state index contributed by atoms with van der Waals surface area (Å²) in [7, 11) is 0. The number of hydrogen-bond donors (Lipinski definition) is 0. The summed E-state index contributed by atoms with van der Waals surface area (Å²) >= 11 is 0. The summed E-state index contributed by atoms with van der Waals surface area (Å²) in [6, 6.07) is 107. The summed E-state index contributed by atoms with van der Waals surface area (Å²) in [5.74, 6) is 0. The molecule has 75 heavy (non-hydrogen) atoms. The molecule has 2 heteroatoms. The van der Waals surface area contributed by atoms with Crippen LogP contribution in [0.15, 0.2) is 291 Å². The number of aromatic nitrogens is 2. The first kappa shape index (κ1) is 42.9. The molecule has 0 atom stereocenters. The Labute approximate surface area is 436 Å². The molecule has 2 nitrogen and oxygen atoms in total. The van der Waals surface area contributed by atoms with Crippen molar-refractivity contribution in [2.24, 2.45) is 0 Å². The third-order valence-corrected chi connectivity index (χ3v) is 16.0. The van der Waals surface area contributed by atoms with Crippen LogP contribution in [0.4, 0.5) is 0 Å². The minimum Gasteiger partial charge on any atom is -0.309 e. The van der Waals surface area contributed by atoms with Gasteiger partial charge in [0.25, 0.3) is 0 Å². The largest absolute Gasteiger partial charge is 0.309 e. The fraction of sp³-hybridized carbons (Fsp3) is 0.0137. The number of benzene rings is 12. The maximum atomic E-state index is 2.41. The van der Waals surface area contributed by atoms with E-state index < -0.39 is 5.41 Å². The van der Waals surface area contributed by atoms with Crippen molar-refractivity contribution < 1.29 is 0 Å². The van der Waals surface area contributed by atoms with E-state index >= 15 is 0 Å². The van der Waals surface area contributed by atoms with Crippen molar-refractivity contribution in [1.29, 1.82) is 0 Å². The maximum Gasteiger partial charge on any atom is 0.0713 e. The Balaban J connectivity index is 0.752. The van der Waals surface area contributed by atoms with Crippen molar-refractivity contribution >= 4 is 43.6 Å². The number of hydrogen-bond acceptors (Lipinski definition) is 0. The molecule has 0 bridgehead atoms. The second-order valence-corrected chi connectivity index (χ2v) is 20.0. The predicted octanol–water partition coefficient (Wildman–Crippen LogP) is 18.9. The Hall–Kier alpha value is -9.76. The van der Waals surface area contributed by atoms with Gasteiger partial charge in [0.2, 0.25) is 0 Å². The molecule has 0 fully saturated rings. The van der Waals surface area contributed by atoms with E-state index in [1.54, 1.807) is 0 Å². The highest BCUT2D eigenvalue weighted by Gasteiger charge is 2.45. The van der Waals surface area contributed by atoms with E-state index in [2.05, 4.69) is 300 Å². The number of para-hydroxylation sites is 2. The van der Waals surface area contributed by atoms with E-state index in [4.69, 9.17) is 0 Å². The van der Waals surface area contributed by atoms with Gasteiger partial charge in [-0.3, -0.25) is 0 Å². The Bertz CT molecular complexity index is 4450. The Morgan fingerprint density at radius 2 is 0.600 bits per heavy atom. The normalized spacial score (nSPS) is 12.6. The fourth-order valence-corrected chi connectivity index (χ4v) is 12.6. The van der Waals surface area contributed by atoms with Crippen LogP contribution in [-0.4, -0.2) is 9.13 Å². The lowest BCUT2D eigenvalue weighted by molar-refractivity contribution is 0.769. The van der Waals surface area contributed by atoms with Crippen LogP contribution in [0.25, 0.3) is 111 Å². The molecule has 0 amide bonds. The van der Waals surface area contributed by atoms with E-state index in [-0.39, 0.29) is 0 Å². The van der Waals surface area contributed by atoms with Gasteiger partial charge in [0.1, 0.15) is 0 Å². The molecule has 12 aromatic carbocycles. The minimum absolute atomic E-state index is 0.429. The Morgan fingerprint density at radius 3 is 1.20 bits per heavy atom. The number of rotatable bonds is 8. The van der Waals surface area contributed by atoms with Gasteiger partial charge in [-0.1, -0.05) is 224 Å². The molecule has 0 spiro atoms. The van der Waals surface area contributed by atoms with E-state index in [1.807, 2.05) is 0 Å². The molecule has 1 aliphatic rings. The minimum atomic E-state index is -0.429. The molecule has 14 aromatic rings. The first-order valence-electron chi connectivity index (χ1n) is 26.0. The number of fused-ring (bicyclic) bond motifs is 9. The van der Waals surface area contributed by atoms with E-state index in [1.165, 1.54) is 122 Å². The van der Waals surface area contributed by atoms with Crippen LogP contribution in [-0.2, 0) is 5.41 Å². The standard InChI is InChI=1S/C73H48N2/c1-3-17-49(18-4-1)54-20-16-24-60(46-54)75-70-32-14-10-28-64(70)66-48-56(40-44-72(66)75)55-39-43-71-65(47-55)63-27-9-13-31-69(63)74(71)59-41-37-51(38-42-59)50-33-35-52(36-34-50)53-19-15-23-58(45-53)73(57-21-5-2-6-22-57)67-29-11-7-25-61(67)62-26-8-12-30-68(62)73/h1-48H. The third kappa shape index (κ3) is 6.73. The molecule has 0 saturated carbocycles. The van der Waals surface area contributed by atoms with Crippen LogP contribution in [0.3, 0.4) is 0 Å². The molecule has 15 rings (SSSR count). The topological polar surface area (TPSA) is 9.86 Å². The zero-order valence-electron chi connectivity index (χ0n) is 41.1. The van der Waals surface area contributed by atoms with Crippen molar-refractivity contribution in [2.75, 3.05) is 0 Å². The maximum absolute atomic E-state index is 2.41. The van der Waals surface area contributed by atoms with Gasteiger partial charge in [0.05, 0.1) is 27.5 Å². The molecule has 0 saturated heterocycles. The molecule has 0 N–H and O–H groups in total. The molecular formula is C73H48N2. The average Bonchev–Trinajstić information content (AvgIpc) is 4.12. The third-order valence-electron chi connectivity index (χ3n) is 16.0. The lowest BCUT2D eigenvalue weighted by atomic mass is 9.67. The van der Waals surface area contributed by atoms with Gasteiger partial charge < -0.3 is 9.13 Å². The molecule has 0 unspecified atom stereocenters. The first-order chi connectivity index (χ1) is 37.2. The quantitative estimate of drug-likeness (QED) is 0.144. The monoisotopic (exact) mass is 952 g/mol. The van der Waals surface area contributed by atoms with Crippen LogP contribution in [0.2, 0.25) is 0 Å². The van der Waals surface area contributed by atoms with Crippen molar-refractivity contribution in [3.8, 4) is 67.0 Å². The fourth-order valence-electron chi connectivity index (χ4n) is 12.6. The molecule has 0 radical (unpaired) electrons. The van der Waals surface area contributed by atoms with E-state index in [0.29, 0.717) is 0 Å². The lowest BCUT2D eigenvalue weighted by Gasteiger charge is -2.34. The van der Waals surface area contributed by atoms with Gasteiger partial charge in [-0.2, -0.15) is 0 Å². The van der Waals surface area contributed by atoms with E-state index in [9.17, 15) is 0 Å². The van der Waals surface area contributed by atoms with Crippen molar-refractivity contribution in [1.82, 2.24) is 9.13 Å². The second-order valence-electron chi connectivity index (χ2n) is 20.0. The number of nitrogens with zero attached hydrogens (tertiary/aromatic N) is 2. The van der Waals surface area contributed by atoms with Crippen LogP contribution in [0.1, 0.15) is 22.3 Å². The molecular weight excluding hydrogens is 905 g/mol. The summed E-state index contributed by atoms with van der Waals surface area (Å²) in [4.78, 5) is 0. The van der Waals surface area contributed by atoms with Gasteiger partial charge in [-0.05, 0) is 145 Å². The molecule has 350 valence electrons. The van der Waals surface area contributed by atoms with Crippen LogP contribution in [0, 0.1) is 0 Å². The smallest absolute Gasteiger partial charge is 0.0713 e. The molecule has 1 aliphatic carbocycles. The zero-order chi connectivity index (χ0) is 49.5. The highest BCUT2D eigenvalue weighted by atomic mass is 15.0. The van der Waals surface area contributed by atoms with Gasteiger partial charge >= 0.3 is 0 Å². The van der Waals surface area contributed by atoms with Crippen LogP contribution in [0.5, 0.6) is 0 Å². The molecule has 2 heterocycles. The van der Waals surface area contributed by atoms with Crippen molar-refractivity contribution in [3.63, 3.8) is 0 Å². The average molecular weight is 953 g/mol. The highest BCUT2D eigenvalue weighted by molar-refractivity contribution is 6.13. The van der Waals surface area contributed by atoms with Crippen molar-refractivity contribution in [3.05, 3.63) is 313 Å². The Kier molecular flexibility index (Phi) is 9.83. The van der Waals surface area contributed by atoms with Crippen molar-refractivity contribution in [2.45, 2.75) is 5.41 Å². The summed E-state index contributed by atoms with van der Waals surface area (Å²) in [5, 5.41) is 4.97. The summed E-state index contributed by atoms with van der Waals surface area (Å²) < 4.78 is 4.83. The molecule has 2 aromatic heterocycles. The predicted molar refractivity (Wildman–Crippen MR) is 314 cm³/mol. The SMILES string of the molecule is c1ccc(-c2cccc(-n3c4ccccc4c4cc(-c5ccc6c(c5)c5ccccc5n6-c5ccc(-c6ccc(-c7cccc(C8(c9ccccc9)c9ccccc9-c9ccccc98)c7)cc6)cc5)ccc43)c2)cc1. The van der Waals surface area contributed by atoms with Gasteiger partial charge in [0.15, 0.2) is 0 Å². The zero-order valence-corrected chi connectivity index (χ0v) is 41.1. The van der Waals surface area contributed by atoms with Gasteiger partial charge in [0, 0.05) is 32.9 Å². The van der Waals surface area contributed by atoms with Gasteiger partial charge in [-0.25, -0.2) is 0 Å². The first-order valence-corrected chi connectivity index (χ1v) is 26.0. The molecule has 0 aliphatic heterocycles. The highest BCUT2D eigenvalue weighted by Crippen LogP contribution is 2.56.